The summed E-state index contributed by atoms with van der Waals surface area (Å²) in [5, 5.41) is 2.48. The van der Waals surface area contributed by atoms with E-state index in [1.165, 1.54) is 13.0 Å². The van der Waals surface area contributed by atoms with Gasteiger partial charge in [0.2, 0.25) is 5.91 Å². The first-order chi connectivity index (χ1) is 12.8. The maximum Gasteiger partial charge on any atom is 0.338 e. The Morgan fingerprint density at radius 3 is 2.52 bits per heavy atom. The fraction of sp³-hybridized carbons (Fsp3) is 0.421. The second-order valence-electron chi connectivity index (χ2n) is 6.13. The minimum absolute atomic E-state index is 0.00677. The summed E-state index contributed by atoms with van der Waals surface area (Å²) in [5.74, 6) is -3.46. The molecule has 146 valence electrons. The molecule has 0 spiro atoms. The van der Waals surface area contributed by atoms with E-state index in [0.29, 0.717) is 6.42 Å². The van der Waals surface area contributed by atoms with E-state index in [2.05, 4.69) is 5.32 Å². The monoisotopic (exact) mass is 380 g/mol. The minimum Gasteiger partial charge on any atom is -0.463 e. The van der Waals surface area contributed by atoms with Crippen molar-refractivity contribution < 1.29 is 27.9 Å². The summed E-state index contributed by atoms with van der Waals surface area (Å²) in [6, 6.07) is 1.09. The molecule has 0 aliphatic carbocycles. The third kappa shape index (κ3) is 4.32. The van der Waals surface area contributed by atoms with Crippen LogP contribution in [0.25, 0.3) is 0 Å². The number of halogens is 2. The number of allylic oxidation sites excluding steroid dienone is 1. The Kier molecular flexibility index (Phi) is 6.65. The number of nitrogens with zero attached hydrogens (tertiary/aromatic N) is 1. The summed E-state index contributed by atoms with van der Waals surface area (Å²) in [6.07, 6.45) is 1.36. The van der Waals surface area contributed by atoms with Gasteiger partial charge in [-0.15, -0.1) is 0 Å². The lowest BCUT2D eigenvalue weighted by molar-refractivity contribution is -0.140. The maximum atomic E-state index is 13.8. The number of nitrogens with one attached hydrogen (secondary N) is 1. The molecule has 1 unspecified atom stereocenters. The zero-order valence-corrected chi connectivity index (χ0v) is 15.5. The molecular formula is C19H22F2N2O4. The second kappa shape index (κ2) is 8.75. The van der Waals surface area contributed by atoms with E-state index in [-0.39, 0.29) is 29.9 Å². The first-order valence-electron chi connectivity index (χ1n) is 8.77. The molecule has 3 amide bonds. The van der Waals surface area contributed by atoms with Gasteiger partial charge in [-0.05, 0) is 38.0 Å². The van der Waals surface area contributed by atoms with E-state index < -0.39 is 35.6 Å². The third-order valence-corrected chi connectivity index (χ3v) is 4.22. The van der Waals surface area contributed by atoms with Crippen molar-refractivity contribution in [2.24, 2.45) is 0 Å². The highest BCUT2D eigenvalue weighted by molar-refractivity contribution is 6.02. The number of benzene rings is 1. The topological polar surface area (TPSA) is 75.7 Å². The number of unbranched alkanes of at least 4 members (excludes halogenated alkanes) is 1. The van der Waals surface area contributed by atoms with Crippen molar-refractivity contribution in [3.8, 4) is 0 Å². The van der Waals surface area contributed by atoms with Crippen LogP contribution in [-0.2, 0) is 14.3 Å². The molecule has 1 N–H and O–H groups in total. The highest BCUT2D eigenvalue weighted by Gasteiger charge is 2.41. The Balaban J connectivity index is 2.60. The zero-order valence-electron chi connectivity index (χ0n) is 15.5. The largest absolute Gasteiger partial charge is 0.463 e. The van der Waals surface area contributed by atoms with Gasteiger partial charge in [-0.2, -0.15) is 0 Å². The van der Waals surface area contributed by atoms with Crippen molar-refractivity contribution in [2.75, 3.05) is 6.61 Å². The van der Waals surface area contributed by atoms with E-state index >= 15 is 0 Å². The Labute approximate surface area is 156 Å². The molecule has 1 aromatic carbocycles. The van der Waals surface area contributed by atoms with Crippen LogP contribution in [0.5, 0.6) is 0 Å². The van der Waals surface area contributed by atoms with Gasteiger partial charge in [-0.3, -0.25) is 9.69 Å². The van der Waals surface area contributed by atoms with Crippen molar-refractivity contribution in [3.63, 3.8) is 0 Å². The summed E-state index contributed by atoms with van der Waals surface area (Å²) < 4.78 is 32.3. The molecule has 0 saturated carbocycles. The van der Waals surface area contributed by atoms with Gasteiger partial charge in [0.25, 0.3) is 0 Å². The molecule has 1 heterocycles. The van der Waals surface area contributed by atoms with Gasteiger partial charge in [0.05, 0.1) is 12.2 Å². The van der Waals surface area contributed by atoms with Crippen LogP contribution < -0.4 is 5.32 Å². The number of ether oxygens (including phenoxy) is 1. The summed E-state index contributed by atoms with van der Waals surface area (Å²) in [6.45, 7) is 5.08. The van der Waals surface area contributed by atoms with Crippen molar-refractivity contribution in [1.29, 1.82) is 0 Å². The number of amides is 3. The van der Waals surface area contributed by atoms with Crippen molar-refractivity contribution >= 4 is 17.9 Å². The number of imide groups is 1. The fourth-order valence-electron chi connectivity index (χ4n) is 2.92. The average molecular weight is 380 g/mol. The number of urea groups is 1. The average Bonchev–Trinajstić information content (AvgIpc) is 2.61. The van der Waals surface area contributed by atoms with Gasteiger partial charge in [0.15, 0.2) is 11.6 Å². The number of hydrogen-bond acceptors (Lipinski definition) is 4. The summed E-state index contributed by atoms with van der Waals surface area (Å²) in [4.78, 5) is 38.5. The quantitative estimate of drug-likeness (QED) is 0.766. The zero-order chi connectivity index (χ0) is 20.1. The molecule has 0 bridgehead atoms. The smallest absolute Gasteiger partial charge is 0.338 e. The third-order valence-electron chi connectivity index (χ3n) is 4.22. The lowest BCUT2D eigenvalue weighted by atomic mass is 9.93. The molecular weight excluding hydrogens is 358 g/mol. The molecule has 0 radical (unpaired) electrons. The highest BCUT2D eigenvalue weighted by atomic mass is 19.2. The van der Waals surface area contributed by atoms with E-state index in [1.807, 2.05) is 6.92 Å². The molecule has 1 aliphatic heterocycles. The standard InChI is InChI=1S/C19H22F2N2O4/c1-4-6-7-15(24)23-17(12-8-9-13(20)14(21)10-12)16(18(25)27-5-2)11(3)22-19(23)26/h8-10,17H,4-7H2,1-3H3,(H,22,26). The van der Waals surface area contributed by atoms with Crippen LogP contribution in [0.3, 0.4) is 0 Å². The molecule has 27 heavy (non-hydrogen) atoms. The predicted octanol–water partition coefficient (Wildman–Crippen LogP) is 3.59. The molecule has 2 rings (SSSR count). The molecule has 1 atom stereocenters. The fourth-order valence-corrected chi connectivity index (χ4v) is 2.92. The first-order valence-corrected chi connectivity index (χ1v) is 8.77. The van der Waals surface area contributed by atoms with Gasteiger partial charge >= 0.3 is 12.0 Å². The Morgan fingerprint density at radius 2 is 1.93 bits per heavy atom. The van der Waals surface area contributed by atoms with Crippen LogP contribution in [0.1, 0.15) is 51.6 Å². The molecule has 0 fully saturated rings. The summed E-state index contributed by atoms with van der Waals surface area (Å²) in [5.41, 5.74) is 0.316. The number of carbonyl (C=O) groups is 3. The van der Waals surface area contributed by atoms with Crippen LogP contribution in [0.15, 0.2) is 29.5 Å². The van der Waals surface area contributed by atoms with Crippen LogP contribution >= 0.6 is 0 Å². The van der Waals surface area contributed by atoms with E-state index in [9.17, 15) is 23.2 Å². The Hall–Kier alpha value is -2.77. The lowest BCUT2D eigenvalue weighted by Crippen LogP contribution is -2.51. The van der Waals surface area contributed by atoms with Gasteiger partial charge in [0, 0.05) is 12.1 Å². The Morgan fingerprint density at radius 1 is 1.22 bits per heavy atom. The van der Waals surface area contributed by atoms with Gasteiger partial charge < -0.3 is 10.1 Å². The van der Waals surface area contributed by atoms with Crippen LogP contribution in [0.2, 0.25) is 0 Å². The number of hydrogen-bond donors (Lipinski definition) is 1. The Bertz CT molecular complexity index is 792. The summed E-state index contributed by atoms with van der Waals surface area (Å²) >= 11 is 0. The van der Waals surface area contributed by atoms with E-state index in [0.717, 1.165) is 23.5 Å². The SMILES string of the molecule is CCCCC(=O)N1C(=O)NC(C)=C(C(=O)OCC)C1c1ccc(F)c(F)c1. The van der Waals surface area contributed by atoms with Gasteiger partial charge in [-0.25, -0.2) is 18.4 Å². The van der Waals surface area contributed by atoms with Crippen LogP contribution in [0.4, 0.5) is 13.6 Å². The van der Waals surface area contributed by atoms with Crippen molar-refractivity contribution in [3.05, 3.63) is 46.7 Å². The van der Waals surface area contributed by atoms with E-state index in [4.69, 9.17) is 4.74 Å². The van der Waals surface area contributed by atoms with E-state index in [1.54, 1.807) is 6.92 Å². The normalized spacial score (nSPS) is 17.0. The van der Waals surface area contributed by atoms with Gasteiger partial charge in [-0.1, -0.05) is 19.4 Å². The minimum atomic E-state index is -1.20. The number of esters is 1. The van der Waals surface area contributed by atoms with Crippen molar-refractivity contribution in [1.82, 2.24) is 10.2 Å². The number of carbonyl (C=O) groups excluding carboxylic acids is 3. The summed E-state index contributed by atoms with van der Waals surface area (Å²) in [7, 11) is 0. The maximum absolute atomic E-state index is 13.8. The lowest BCUT2D eigenvalue weighted by Gasteiger charge is -2.36. The first kappa shape index (κ1) is 20.5. The van der Waals surface area contributed by atoms with Gasteiger partial charge in [0.1, 0.15) is 6.04 Å². The van der Waals surface area contributed by atoms with Crippen LogP contribution in [-0.4, -0.2) is 29.4 Å². The molecule has 1 aromatic rings. The molecule has 0 saturated heterocycles. The molecule has 8 heteroatoms. The van der Waals surface area contributed by atoms with Crippen LogP contribution in [0, 0.1) is 11.6 Å². The van der Waals surface area contributed by atoms with Crippen molar-refractivity contribution in [2.45, 2.75) is 46.1 Å². The number of rotatable bonds is 6. The molecule has 6 nitrogen and oxygen atoms in total. The molecule has 1 aliphatic rings. The predicted molar refractivity (Wildman–Crippen MR) is 93.3 cm³/mol. The molecule has 0 aromatic heterocycles. The second-order valence-corrected chi connectivity index (χ2v) is 6.13. The highest BCUT2D eigenvalue weighted by Crippen LogP contribution is 2.35.